The van der Waals surface area contributed by atoms with E-state index in [9.17, 15) is 9.59 Å². The lowest BCUT2D eigenvalue weighted by atomic mass is 9.91. The zero-order valence-electron chi connectivity index (χ0n) is 8.62. The van der Waals surface area contributed by atoms with E-state index in [0.717, 1.165) is 0 Å². The lowest BCUT2D eigenvalue weighted by Crippen LogP contribution is -2.54. The molecular weight excluding hydrogens is 184 g/mol. The van der Waals surface area contributed by atoms with Crippen LogP contribution in [-0.2, 0) is 19.1 Å². The molecule has 4 heteroatoms. The second-order valence-electron chi connectivity index (χ2n) is 3.79. The van der Waals surface area contributed by atoms with Gasteiger partial charge in [0.1, 0.15) is 6.10 Å². The van der Waals surface area contributed by atoms with Gasteiger partial charge in [-0.3, -0.25) is 4.79 Å². The lowest BCUT2D eigenvalue weighted by molar-refractivity contribution is -0.211. The molecule has 0 saturated carbocycles. The largest absolute Gasteiger partial charge is 0.455 e. The van der Waals surface area contributed by atoms with Gasteiger partial charge in [0.15, 0.2) is 5.60 Å². The summed E-state index contributed by atoms with van der Waals surface area (Å²) < 4.78 is 9.97. The summed E-state index contributed by atoms with van der Waals surface area (Å²) in [5, 5.41) is 0. The van der Waals surface area contributed by atoms with Crippen molar-refractivity contribution in [3.63, 3.8) is 0 Å². The molecule has 1 heterocycles. The van der Waals surface area contributed by atoms with E-state index in [1.807, 2.05) is 0 Å². The van der Waals surface area contributed by atoms with E-state index in [4.69, 9.17) is 9.47 Å². The number of ether oxygens (including phenoxy) is 2. The van der Waals surface area contributed by atoms with Crippen LogP contribution in [0.25, 0.3) is 0 Å². The fourth-order valence-electron chi connectivity index (χ4n) is 1.15. The van der Waals surface area contributed by atoms with Crippen molar-refractivity contribution in [1.82, 2.24) is 0 Å². The highest BCUT2D eigenvalue weighted by molar-refractivity contribution is 5.87. The highest BCUT2D eigenvalue weighted by Gasteiger charge is 2.48. The van der Waals surface area contributed by atoms with Crippen molar-refractivity contribution in [1.29, 1.82) is 0 Å². The molecule has 4 nitrogen and oxygen atoms in total. The van der Waals surface area contributed by atoms with Crippen molar-refractivity contribution < 1.29 is 19.1 Å². The van der Waals surface area contributed by atoms with Crippen molar-refractivity contribution in [2.75, 3.05) is 0 Å². The smallest absolute Gasteiger partial charge is 0.333 e. The molecule has 0 N–H and O–H groups in total. The van der Waals surface area contributed by atoms with Gasteiger partial charge in [-0.1, -0.05) is 6.58 Å². The Hall–Kier alpha value is -1.32. The zero-order valence-corrected chi connectivity index (χ0v) is 8.62. The van der Waals surface area contributed by atoms with Crippen molar-refractivity contribution in [2.45, 2.75) is 38.9 Å². The van der Waals surface area contributed by atoms with Gasteiger partial charge in [0.2, 0.25) is 0 Å². The first-order valence-corrected chi connectivity index (χ1v) is 4.43. The molecule has 0 bridgehead atoms. The van der Waals surface area contributed by atoms with Gasteiger partial charge in [-0.05, 0) is 20.8 Å². The predicted octanol–water partition coefficient (Wildman–Crippen LogP) is 1.20. The summed E-state index contributed by atoms with van der Waals surface area (Å²) in [7, 11) is 0. The molecule has 78 valence electrons. The van der Waals surface area contributed by atoms with E-state index in [2.05, 4.69) is 6.58 Å². The highest BCUT2D eigenvalue weighted by Crippen LogP contribution is 2.32. The average molecular weight is 198 g/mol. The summed E-state index contributed by atoms with van der Waals surface area (Å²) in [5.74, 6) is -0.715. The average Bonchev–Trinajstić information content (AvgIpc) is 2.01. The quantitative estimate of drug-likeness (QED) is 0.505. The maximum absolute atomic E-state index is 11.2. The van der Waals surface area contributed by atoms with Crippen molar-refractivity contribution in [2.24, 2.45) is 0 Å². The minimum absolute atomic E-state index is 0.259. The molecule has 0 aromatic heterocycles. The van der Waals surface area contributed by atoms with Gasteiger partial charge in [-0.2, -0.15) is 0 Å². The fourth-order valence-corrected chi connectivity index (χ4v) is 1.15. The first-order chi connectivity index (χ1) is 6.35. The van der Waals surface area contributed by atoms with Crippen LogP contribution in [0.5, 0.6) is 0 Å². The Labute approximate surface area is 82.9 Å². The van der Waals surface area contributed by atoms with Crippen LogP contribution in [0.2, 0.25) is 0 Å². The molecule has 0 aliphatic carbocycles. The van der Waals surface area contributed by atoms with Crippen LogP contribution in [0.4, 0.5) is 0 Å². The number of hydrogen-bond acceptors (Lipinski definition) is 4. The Morgan fingerprint density at radius 1 is 1.71 bits per heavy atom. The molecule has 1 fully saturated rings. The van der Waals surface area contributed by atoms with E-state index in [1.54, 1.807) is 20.8 Å². The number of cyclic esters (lactones) is 1. The highest BCUT2D eigenvalue weighted by atomic mass is 16.6. The van der Waals surface area contributed by atoms with Crippen LogP contribution >= 0.6 is 0 Å². The summed E-state index contributed by atoms with van der Waals surface area (Å²) in [6.07, 6.45) is -0.151. The van der Waals surface area contributed by atoms with E-state index in [1.165, 1.54) is 0 Å². The summed E-state index contributed by atoms with van der Waals surface area (Å²) in [4.78, 5) is 21.8. The van der Waals surface area contributed by atoms with Crippen molar-refractivity contribution in [3.8, 4) is 0 Å². The van der Waals surface area contributed by atoms with Crippen LogP contribution in [0, 0.1) is 0 Å². The molecule has 1 aliphatic rings. The normalized spacial score (nSPS) is 27.2. The summed E-state index contributed by atoms with van der Waals surface area (Å²) in [6, 6.07) is 0. The maximum Gasteiger partial charge on any atom is 0.333 e. The maximum atomic E-state index is 11.2. The summed E-state index contributed by atoms with van der Waals surface area (Å²) in [5.41, 5.74) is -0.326. The van der Waals surface area contributed by atoms with Gasteiger partial charge in [0, 0.05) is 5.57 Å². The SMILES string of the molecule is C=C(C)C(=O)OC(C)C1(C)CC(=O)O1. The van der Waals surface area contributed by atoms with E-state index in [-0.39, 0.29) is 12.4 Å². The monoisotopic (exact) mass is 198 g/mol. The molecule has 2 atom stereocenters. The molecular formula is C10H14O4. The van der Waals surface area contributed by atoms with Gasteiger partial charge in [-0.15, -0.1) is 0 Å². The number of esters is 2. The minimum Gasteiger partial charge on any atom is -0.455 e. The third-order valence-electron chi connectivity index (χ3n) is 2.33. The van der Waals surface area contributed by atoms with Gasteiger partial charge < -0.3 is 9.47 Å². The topological polar surface area (TPSA) is 52.6 Å². The van der Waals surface area contributed by atoms with E-state index >= 15 is 0 Å². The first kappa shape index (κ1) is 10.8. The van der Waals surface area contributed by atoms with E-state index in [0.29, 0.717) is 5.57 Å². The number of hydrogen-bond donors (Lipinski definition) is 0. The second kappa shape index (κ2) is 3.44. The number of carbonyl (C=O) groups is 2. The third kappa shape index (κ3) is 1.95. The van der Waals surface area contributed by atoms with Crippen LogP contribution in [0.3, 0.4) is 0 Å². The molecule has 0 aromatic carbocycles. The van der Waals surface area contributed by atoms with Crippen LogP contribution in [-0.4, -0.2) is 23.6 Å². The molecule has 0 spiro atoms. The van der Waals surface area contributed by atoms with Gasteiger partial charge >= 0.3 is 11.9 Å². The molecule has 1 aliphatic heterocycles. The zero-order chi connectivity index (χ0) is 10.9. The first-order valence-electron chi connectivity index (χ1n) is 4.43. The molecule has 0 amide bonds. The Balaban J connectivity index is 2.50. The number of rotatable bonds is 3. The Morgan fingerprint density at radius 3 is 2.57 bits per heavy atom. The molecule has 0 aromatic rings. The molecule has 0 radical (unpaired) electrons. The van der Waals surface area contributed by atoms with Crippen molar-refractivity contribution in [3.05, 3.63) is 12.2 Å². The molecule has 1 rings (SSSR count). The fraction of sp³-hybridized carbons (Fsp3) is 0.600. The lowest BCUT2D eigenvalue weighted by Gasteiger charge is -2.40. The van der Waals surface area contributed by atoms with Crippen LogP contribution in [0.1, 0.15) is 27.2 Å². The third-order valence-corrected chi connectivity index (χ3v) is 2.33. The van der Waals surface area contributed by atoms with Crippen LogP contribution in [0.15, 0.2) is 12.2 Å². The number of carbonyl (C=O) groups excluding carboxylic acids is 2. The Bertz CT molecular complexity index is 284. The summed E-state index contributed by atoms with van der Waals surface area (Å²) in [6.45, 7) is 8.48. The Kier molecular flexibility index (Phi) is 2.64. The molecule has 2 unspecified atom stereocenters. The van der Waals surface area contributed by atoms with Crippen LogP contribution < -0.4 is 0 Å². The van der Waals surface area contributed by atoms with Gasteiger partial charge in [-0.25, -0.2) is 4.79 Å². The standard InChI is InChI=1S/C10H14O4/c1-6(2)9(12)13-7(3)10(4)5-8(11)14-10/h7H,1,5H2,2-4H3. The Morgan fingerprint density at radius 2 is 2.21 bits per heavy atom. The van der Waals surface area contributed by atoms with E-state index < -0.39 is 17.7 Å². The second-order valence-corrected chi connectivity index (χ2v) is 3.79. The van der Waals surface area contributed by atoms with Gasteiger partial charge in [0.25, 0.3) is 0 Å². The van der Waals surface area contributed by atoms with Crippen molar-refractivity contribution >= 4 is 11.9 Å². The summed E-state index contributed by atoms with van der Waals surface area (Å²) >= 11 is 0. The molecule has 1 saturated heterocycles. The molecule has 14 heavy (non-hydrogen) atoms. The minimum atomic E-state index is -0.664. The predicted molar refractivity (Wildman–Crippen MR) is 49.5 cm³/mol. The van der Waals surface area contributed by atoms with Gasteiger partial charge in [0.05, 0.1) is 6.42 Å².